The lowest BCUT2D eigenvalue weighted by atomic mass is 9.86. The molecule has 8 heteroatoms. The van der Waals surface area contributed by atoms with Crippen molar-refractivity contribution in [2.24, 2.45) is 5.92 Å². The minimum Gasteiger partial charge on any atom is -0.382 e. The Hall–Kier alpha value is -2.87. The quantitative estimate of drug-likeness (QED) is 0.487. The Morgan fingerprint density at radius 3 is 2.75 bits per heavy atom. The molecule has 32 heavy (non-hydrogen) atoms. The van der Waals surface area contributed by atoms with Crippen LogP contribution in [0.3, 0.4) is 0 Å². The smallest absolute Gasteiger partial charge is 0.328 e. The summed E-state index contributed by atoms with van der Waals surface area (Å²) in [5.41, 5.74) is 1.63. The SMILES string of the molecule is CCOCCCNC(=O)C(C(C)C)N1C(=O)N2CCc3c([nH]c4ccccc34)C2(C)C1=O. The molecule has 0 aliphatic carbocycles. The Morgan fingerprint density at radius 2 is 2.03 bits per heavy atom. The molecule has 1 aromatic heterocycles. The summed E-state index contributed by atoms with van der Waals surface area (Å²) in [6.45, 7) is 9.49. The fourth-order valence-corrected chi connectivity index (χ4v) is 5.02. The predicted octanol–water partition coefficient (Wildman–Crippen LogP) is 2.77. The van der Waals surface area contributed by atoms with E-state index >= 15 is 0 Å². The second-order valence-corrected chi connectivity index (χ2v) is 8.99. The van der Waals surface area contributed by atoms with Crippen molar-refractivity contribution in [3.63, 3.8) is 0 Å². The summed E-state index contributed by atoms with van der Waals surface area (Å²) >= 11 is 0. The number of nitrogens with one attached hydrogen (secondary N) is 2. The third-order valence-corrected chi connectivity index (χ3v) is 6.64. The van der Waals surface area contributed by atoms with E-state index in [1.165, 1.54) is 4.90 Å². The van der Waals surface area contributed by atoms with Crippen LogP contribution in [0.1, 0.15) is 45.4 Å². The van der Waals surface area contributed by atoms with Gasteiger partial charge in [0, 0.05) is 37.2 Å². The number of para-hydroxylation sites is 1. The van der Waals surface area contributed by atoms with Crippen LogP contribution >= 0.6 is 0 Å². The summed E-state index contributed by atoms with van der Waals surface area (Å²) in [6, 6.07) is 6.68. The van der Waals surface area contributed by atoms with Crippen LogP contribution in [0.15, 0.2) is 24.3 Å². The fourth-order valence-electron chi connectivity index (χ4n) is 5.02. The third kappa shape index (κ3) is 3.37. The van der Waals surface area contributed by atoms with Gasteiger partial charge in [-0.1, -0.05) is 32.0 Å². The van der Waals surface area contributed by atoms with Crippen molar-refractivity contribution in [2.45, 2.75) is 52.1 Å². The lowest BCUT2D eigenvalue weighted by molar-refractivity contribution is -0.140. The number of aromatic amines is 1. The molecule has 3 heterocycles. The van der Waals surface area contributed by atoms with Crippen LogP contribution in [-0.2, 0) is 26.3 Å². The van der Waals surface area contributed by atoms with Gasteiger partial charge in [0.2, 0.25) is 5.91 Å². The largest absolute Gasteiger partial charge is 0.382 e. The molecule has 8 nitrogen and oxygen atoms in total. The molecule has 0 saturated carbocycles. The molecule has 1 fully saturated rings. The molecule has 172 valence electrons. The van der Waals surface area contributed by atoms with E-state index in [9.17, 15) is 14.4 Å². The number of urea groups is 1. The maximum Gasteiger partial charge on any atom is 0.328 e. The third-order valence-electron chi connectivity index (χ3n) is 6.64. The van der Waals surface area contributed by atoms with E-state index in [2.05, 4.69) is 10.3 Å². The van der Waals surface area contributed by atoms with E-state index < -0.39 is 17.6 Å². The number of hydrogen-bond acceptors (Lipinski definition) is 4. The second-order valence-electron chi connectivity index (χ2n) is 8.99. The van der Waals surface area contributed by atoms with Crippen molar-refractivity contribution in [1.82, 2.24) is 20.1 Å². The molecule has 2 aliphatic heterocycles. The number of nitrogens with zero attached hydrogens (tertiary/aromatic N) is 2. The van der Waals surface area contributed by atoms with Gasteiger partial charge in [-0.15, -0.1) is 0 Å². The number of imide groups is 1. The van der Waals surface area contributed by atoms with E-state index in [0.29, 0.717) is 39.1 Å². The maximum atomic E-state index is 13.8. The number of fused-ring (bicyclic) bond motifs is 5. The highest BCUT2D eigenvalue weighted by molar-refractivity contribution is 6.11. The summed E-state index contributed by atoms with van der Waals surface area (Å²) in [5.74, 6) is -0.876. The van der Waals surface area contributed by atoms with Gasteiger partial charge >= 0.3 is 6.03 Å². The van der Waals surface area contributed by atoms with Crippen LogP contribution in [0.2, 0.25) is 0 Å². The van der Waals surface area contributed by atoms with Gasteiger partial charge in [0.15, 0.2) is 5.54 Å². The van der Waals surface area contributed by atoms with Gasteiger partial charge in [-0.3, -0.25) is 9.59 Å². The van der Waals surface area contributed by atoms with Gasteiger partial charge in [-0.2, -0.15) is 0 Å². The molecule has 1 saturated heterocycles. The number of amides is 4. The van der Waals surface area contributed by atoms with Crippen LogP contribution in [0.25, 0.3) is 10.9 Å². The van der Waals surface area contributed by atoms with Crippen molar-refractivity contribution >= 4 is 28.7 Å². The van der Waals surface area contributed by atoms with Gasteiger partial charge in [0.1, 0.15) is 6.04 Å². The zero-order valence-electron chi connectivity index (χ0n) is 19.2. The second kappa shape index (κ2) is 8.58. The van der Waals surface area contributed by atoms with Gasteiger partial charge < -0.3 is 19.9 Å². The molecule has 4 rings (SSSR count). The van der Waals surface area contributed by atoms with Crippen LogP contribution < -0.4 is 5.32 Å². The first-order chi connectivity index (χ1) is 15.3. The van der Waals surface area contributed by atoms with Gasteiger partial charge in [-0.25, -0.2) is 9.69 Å². The Bertz CT molecular complexity index is 1050. The Kier molecular flexibility index (Phi) is 5.99. The molecule has 2 aromatic rings. The molecule has 2 N–H and O–H groups in total. The van der Waals surface area contributed by atoms with E-state index in [1.807, 2.05) is 45.0 Å². The highest BCUT2D eigenvalue weighted by atomic mass is 16.5. The standard InChI is InChI=1S/C24H32N4O4/c1-5-32-14-8-12-25-21(29)19(15(2)3)28-22(30)24(4)20-17(11-13-27(24)23(28)31)16-9-6-7-10-18(16)26-20/h6-7,9-10,15,19,26H,5,8,11-14H2,1-4H3,(H,25,29). The van der Waals surface area contributed by atoms with Crippen LogP contribution in [-0.4, -0.2) is 65.0 Å². The van der Waals surface area contributed by atoms with Gasteiger partial charge in [0.25, 0.3) is 5.91 Å². The van der Waals surface area contributed by atoms with Crippen molar-refractivity contribution < 1.29 is 19.1 Å². The molecular weight excluding hydrogens is 408 g/mol. The highest BCUT2D eigenvalue weighted by Crippen LogP contribution is 2.45. The first-order valence-electron chi connectivity index (χ1n) is 11.4. The van der Waals surface area contributed by atoms with Crippen molar-refractivity contribution in [3.05, 3.63) is 35.5 Å². The number of hydrogen-bond donors (Lipinski definition) is 2. The number of H-pyrrole nitrogens is 1. The van der Waals surface area contributed by atoms with Gasteiger partial charge in [-0.05, 0) is 44.2 Å². The monoisotopic (exact) mass is 440 g/mol. The normalized spacial score (nSPS) is 21.3. The number of benzene rings is 1. The number of rotatable bonds is 8. The minimum absolute atomic E-state index is 0.220. The summed E-state index contributed by atoms with van der Waals surface area (Å²) in [6.07, 6.45) is 1.34. The molecule has 1 aromatic carbocycles. The van der Waals surface area contributed by atoms with Gasteiger partial charge in [0.05, 0.1) is 5.69 Å². The first-order valence-corrected chi connectivity index (χ1v) is 11.4. The summed E-state index contributed by atoms with van der Waals surface area (Å²) in [7, 11) is 0. The number of ether oxygens (including phenoxy) is 1. The molecule has 4 amide bonds. The molecule has 2 aliphatic rings. The summed E-state index contributed by atoms with van der Waals surface area (Å²) in [4.78, 5) is 46.5. The minimum atomic E-state index is -1.15. The number of aromatic nitrogens is 1. The molecule has 0 spiro atoms. The lowest BCUT2D eigenvalue weighted by Crippen LogP contribution is -2.53. The zero-order chi connectivity index (χ0) is 23.0. The highest BCUT2D eigenvalue weighted by Gasteiger charge is 2.61. The van der Waals surface area contributed by atoms with Crippen molar-refractivity contribution in [2.75, 3.05) is 26.3 Å². The van der Waals surface area contributed by atoms with E-state index in [1.54, 1.807) is 11.8 Å². The Balaban J connectivity index is 1.64. The Morgan fingerprint density at radius 1 is 1.28 bits per heavy atom. The fraction of sp³-hybridized carbons (Fsp3) is 0.542. The summed E-state index contributed by atoms with van der Waals surface area (Å²) < 4.78 is 5.31. The average Bonchev–Trinajstić information content (AvgIpc) is 3.24. The van der Waals surface area contributed by atoms with Crippen LogP contribution in [0.5, 0.6) is 0 Å². The zero-order valence-corrected chi connectivity index (χ0v) is 19.2. The van der Waals surface area contributed by atoms with Crippen molar-refractivity contribution in [3.8, 4) is 0 Å². The molecule has 0 radical (unpaired) electrons. The average molecular weight is 441 g/mol. The van der Waals surface area contributed by atoms with E-state index in [0.717, 1.165) is 22.2 Å². The van der Waals surface area contributed by atoms with Crippen molar-refractivity contribution in [1.29, 1.82) is 0 Å². The molecule has 2 unspecified atom stereocenters. The Labute approximate surface area is 188 Å². The van der Waals surface area contributed by atoms with E-state index in [-0.39, 0.29) is 17.7 Å². The number of carbonyl (C=O) groups excluding carboxylic acids is 3. The van der Waals surface area contributed by atoms with Crippen LogP contribution in [0.4, 0.5) is 4.79 Å². The molecule has 2 atom stereocenters. The maximum absolute atomic E-state index is 13.8. The molecule has 0 bridgehead atoms. The summed E-state index contributed by atoms with van der Waals surface area (Å²) in [5, 5.41) is 3.96. The van der Waals surface area contributed by atoms with E-state index in [4.69, 9.17) is 4.74 Å². The predicted molar refractivity (Wildman–Crippen MR) is 121 cm³/mol. The molecular formula is C24H32N4O4. The lowest BCUT2D eigenvalue weighted by Gasteiger charge is -2.36. The topological polar surface area (TPSA) is 94.7 Å². The van der Waals surface area contributed by atoms with Crippen LogP contribution in [0, 0.1) is 5.92 Å². The first kappa shape index (κ1) is 22.3. The number of carbonyl (C=O) groups is 3.